The Hall–Kier alpha value is -2.37. The molecule has 2 heterocycles. The van der Waals surface area contributed by atoms with Crippen molar-refractivity contribution < 1.29 is 14.1 Å². The number of anilines is 1. The summed E-state index contributed by atoms with van der Waals surface area (Å²) in [6.45, 7) is 0.0703. The average molecular weight is 259 g/mol. The Bertz CT molecular complexity index is 547. The van der Waals surface area contributed by atoms with E-state index in [0.29, 0.717) is 17.4 Å². The highest BCUT2D eigenvalue weighted by atomic mass is 16.5. The number of esters is 1. The van der Waals surface area contributed by atoms with Gasteiger partial charge in [0.25, 0.3) is 0 Å². The molecule has 0 aliphatic heterocycles. The topological polar surface area (TPSA) is 77.2 Å². The highest BCUT2D eigenvalue weighted by Gasteiger charge is 2.21. The van der Waals surface area contributed by atoms with Gasteiger partial charge in [0, 0.05) is 18.3 Å². The second-order valence-electron chi connectivity index (χ2n) is 4.41. The molecule has 1 aliphatic rings. The fourth-order valence-corrected chi connectivity index (χ4v) is 1.57. The van der Waals surface area contributed by atoms with Crippen LogP contribution in [0.3, 0.4) is 0 Å². The molecule has 6 heteroatoms. The van der Waals surface area contributed by atoms with E-state index in [0.717, 1.165) is 5.82 Å². The maximum absolute atomic E-state index is 11.7. The average Bonchev–Trinajstić information content (AvgIpc) is 3.09. The zero-order chi connectivity index (χ0) is 13.1. The van der Waals surface area contributed by atoms with E-state index in [9.17, 15) is 4.79 Å². The molecule has 0 bridgehead atoms. The van der Waals surface area contributed by atoms with E-state index in [1.807, 2.05) is 0 Å². The number of carbonyl (C=O) groups is 1. The van der Waals surface area contributed by atoms with Crippen molar-refractivity contribution in [2.45, 2.75) is 25.5 Å². The summed E-state index contributed by atoms with van der Waals surface area (Å²) in [6, 6.07) is 5.66. The lowest BCUT2D eigenvalue weighted by atomic mass is 10.3. The monoisotopic (exact) mass is 259 g/mol. The van der Waals surface area contributed by atoms with Gasteiger partial charge in [-0.3, -0.25) is 0 Å². The van der Waals surface area contributed by atoms with Crippen LogP contribution < -0.4 is 5.32 Å². The molecule has 2 aromatic rings. The van der Waals surface area contributed by atoms with Gasteiger partial charge in [-0.15, -0.1) is 0 Å². The summed E-state index contributed by atoms with van der Waals surface area (Å²) < 4.78 is 9.91. The predicted octanol–water partition coefficient (Wildman–Crippen LogP) is 2.00. The number of nitrogens with one attached hydrogen (secondary N) is 1. The SMILES string of the molecule is O=C(OCc1ccno1)c1ccc(NC2CC2)nc1. The summed E-state index contributed by atoms with van der Waals surface area (Å²) in [6.07, 6.45) is 5.38. The van der Waals surface area contributed by atoms with Crippen LogP contribution in [0, 0.1) is 0 Å². The van der Waals surface area contributed by atoms with Crippen LogP contribution in [-0.4, -0.2) is 22.2 Å². The van der Waals surface area contributed by atoms with Gasteiger partial charge in [0.05, 0.1) is 11.8 Å². The van der Waals surface area contributed by atoms with Crippen molar-refractivity contribution in [2.75, 3.05) is 5.32 Å². The van der Waals surface area contributed by atoms with E-state index in [1.54, 1.807) is 18.2 Å². The number of hydrogen-bond acceptors (Lipinski definition) is 6. The molecular formula is C13H13N3O3. The third-order valence-corrected chi connectivity index (χ3v) is 2.77. The number of ether oxygens (including phenoxy) is 1. The molecule has 0 radical (unpaired) electrons. The summed E-state index contributed by atoms with van der Waals surface area (Å²) >= 11 is 0. The third-order valence-electron chi connectivity index (χ3n) is 2.77. The van der Waals surface area contributed by atoms with Crippen LogP contribution in [0.2, 0.25) is 0 Å². The Morgan fingerprint density at radius 1 is 1.42 bits per heavy atom. The molecule has 6 nitrogen and oxygen atoms in total. The van der Waals surface area contributed by atoms with Crippen LogP contribution in [0.1, 0.15) is 29.0 Å². The smallest absolute Gasteiger partial charge is 0.340 e. The van der Waals surface area contributed by atoms with Crippen LogP contribution in [0.5, 0.6) is 0 Å². The molecule has 0 atom stereocenters. The van der Waals surface area contributed by atoms with Crippen LogP contribution in [0.15, 0.2) is 35.1 Å². The molecule has 1 aliphatic carbocycles. The zero-order valence-corrected chi connectivity index (χ0v) is 10.2. The highest BCUT2D eigenvalue weighted by molar-refractivity contribution is 5.89. The molecule has 0 spiro atoms. The minimum atomic E-state index is -0.429. The van der Waals surface area contributed by atoms with Gasteiger partial charge < -0.3 is 14.6 Å². The molecule has 0 amide bonds. The first-order valence-corrected chi connectivity index (χ1v) is 6.10. The molecule has 1 N–H and O–H groups in total. The van der Waals surface area contributed by atoms with E-state index >= 15 is 0 Å². The van der Waals surface area contributed by atoms with Crippen LogP contribution in [0.25, 0.3) is 0 Å². The van der Waals surface area contributed by atoms with Gasteiger partial charge in [-0.1, -0.05) is 5.16 Å². The number of hydrogen-bond donors (Lipinski definition) is 1. The number of rotatable bonds is 5. The lowest BCUT2D eigenvalue weighted by Gasteiger charge is -2.05. The summed E-state index contributed by atoms with van der Waals surface area (Å²) in [5.74, 6) is 0.865. The van der Waals surface area contributed by atoms with Crippen LogP contribution >= 0.6 is 0 Å². The Morgan fingerprint density at radius 3 is 2.95 bits per heavy atom. The molecule has 1 saturated carbocycles. The van der Waals surface area contributed by atoms with Crippen molar-refractivity contribution in [1.82, 2.24) is 10.1 Å². The summed E-state index contributed by atoms with van der Waals surface area (Å²) in [4.78, 5) is 15.9. The summed E-state index contributed by atoms with van der Waals surface area (Å²) in [7, 11) is 0. The first kappa shape index (κ1) is 11.7. The van der Waals surface area contributed by atoms with E-state index in [2.05, 4.69) is 15.5 Å². The van der Waals surface area contributed by atoms with Crippen LogP contribution in [0.4, 0.5) is 5.82 Å². The number of aromatic nitrogens is 2. The molecule has 0 saturated heterocycles. The Balaban J connectivity index is 1.56. The second kappa shape index (κ2) is 5.09. The summed E-state index contributed by atoms with van der Waals surface area (Å²) in [5.41, 5.74) is 0.417. The van der Waals surface area contributed by atoms with Crippen molar-refractivity contribution in [3.05, 3.63) is 41.9 Å². The lowest BCUT2D eigenvalue weighted by molar-refractivity contribution is 0.0437. The fraction of sp³-hybridized carbons (Fsp3) is 0.308. The van der Waals surface area contributed by atoms with Crippen molar-refractivity contribution >= 4 is 11.8 Å². The zero-order valence-electron chi connectivity index (χ0n) is 10.2. The molecule has 19 heavy (non-hydrogen) atoms. The van der Waals surface area contributed by atoms with Crippen molar-refractivity contribution in [1.29, 1.82) is 0 Å². The van der Waals surface area contributed by atoms with Gasteiger partial charge in [-0.2, -0.15) is 0 Å². The van der Waals surface area contributed by atoms with E-state index in [1.165, 1.54) is 25.2 Å². The second-order valence-corrected chi connectivity index (χ2v) is 4.41. The van der Waals surface area contributed by atoms with Gasteiger partial charge in [0.2, 0.25) is 0 Å². The molecule has 0 unspecified atom stereocenters. The van der Waals surface area contributed by atoms with Crippen molar-refractivity contribution in [3.63, 3.8) is 0 Å². The largest absolute Gasteiger partial charge is 0.454 e. The Kier molecular flexibility index (Phi) is 3.14. The van der Waals surface area contributed by atoms with Gasteiger partial charge >= 0.3 is 5.97 Å². The molecule has 2 aromatic heterocycles. The Morgan fingerprint density at radius 2 is 2.32 bits per heavy atom. The molecular weight excluding hydrogens is 246 g/mol. The van der Waals surface area contributed by atoms with Crippen molar-refractivity contribution in [3.8, 4) is 0 Å². The van der Waals surface area contributed by atoms with Gasteiger partial charge in [0.15, 0.2) is 12.4 Å². The normalized spacial score (nSPS) is 14.1. The number of pyridine rings is 1. The first-order chi connectivity index (χ1) is 9.31. The maximum atomic E-state index is 11.7. The molecule has 98 valence electrons. The molecule has 3 rings (SSSR count). The standard InChI is InChI=1S/C13H13N3O3/c17-13(18-8-11-5-6-15-19-11)9-1-4-12(14-7-9)16-10-2-3-10/h1,4-7,10H,2-3,8H2,(H,14,16). The van der Waals surface area contributed by atoms with E-state index in [-0.39, 0.29) is 6.61 Å². The quantitative estimate of drug-likeness (QED) is 0.827. The Labute approximate surface area is 109 Å². The van der Waals surface area contributed by atoms with Crippen LogP contribution in [-0.2, 0) is 11.3 Å². The maximum Gasteiger partial charge on any atom is 0.340 e. The minimum Gasteiger partial charge on any atom is -0.454 e. The van der Waals surface area contributed by atoms with Gasteiger partial charge in [-0.05, 0) is 25.0 Å². The first-order valence-electron chi connectivity index (χ1n) is 6.10. The molecule has 0 aromatic carbocycles. The number of nitrogens with zero attached hydrogens (tertiary/aromatic N) is 2. The van der Waals surface area contributed by atoms with Crippen molar-refractivity contribution in [2.24, 2.45) is 0 Å². The minimum absolute atomic E-state index is 0.0703. The molecule has 1 fully saturated rings. The van der Waals surface area contributed by atoms with E-state index in [4.69, 9.17) is 9.26 Å². The van der Waals surface area contributed by atoms with Gasteiger partial charge in [-0.25, -0.2) is 9.78 Å². The third kappa shape index (κ3) is 3.09. The highest BCUT2D eigenvalue weighted by Crippen LogP contribution is 2.23. The lowest BCUT2D eigenvalue weighted by Crippen LogP contribution is -2.07. The summed E-state index contributed by atoms with van der Waals surface area (Å²) in [5, 5.41) is 6.78. The van der Waals surface area contributed by atoms with E-state index < -0.39 is 5.97 Å². The fourth-order valence-electron chi connectivity index (χ4n) is 1.57. The predicted molar refractivity (Wildman–Crippen MR) is 66.5 cm³/mol. The number of carbonyl (C=O) groups excluding carboxylic acids is 1. The van der Waals surface area contributed by atoms with Gasteiger partial charge in [0.1, 0.15) is 5.82 Å².